The van der Waals surface area contributed by atoms with Crippen molar-refractivity contribution < 1.29 is 9.90 Å². The number of carbonyl (C=O) groups is 1. The summed E-state index contributed by atoms with van der Waals surface area (Å²) >= 11 is 0. The van der Waals surface area contributed by atoms with Crippen molar-refractivity contribution >= 4 is 11.7 Å². The molecule has 0 bridgehead atoms. The molecule has 1 aromatic rings. The van der Waals surface area contributed by atoms with E-state index < -0.39 is 6.10 Å². The van der Waals surface area contributed by atoms with Crippen LogP contribution in [0.2, 0.25) is 0 Å². The van der Waals surface area contributed by atoms with E-state index in [1.165, 1.54) is 0 Å². The molecule has 5 nitrogen and oxygen atoms in total. The van der Waals surface area contributed by atoms with Crippen LogP contribution in [-0.4, -0.2) is 36.6 Å². The van der Waals surface area contributed by atoms with Gasteiger partial charge in [-0.1, -0.05) is 6.07 Å². The first kappa shape index (κ1) is 12.4. The van der Waals surface area contributed by atoms with Crippen LogP contribution in [0.3, 0.4) is 0 Å². The van der Waals surface area contributed by atoms with Crippen molar-refractivity contribution in [2.24, 2.45) is 0 Å². The average molecular weight is 223 g/mol. The molecule has 1 aromatic heterocycles. The van der Waals surface area contributed by atoms with Crippen molar-refractivity contribution in [2.75, 3.05) is 25.5 Å². The van der Waals surface area contributed by atoms with Crippen LogP contribution in [0.5, 0.6) is 0 Å². The standard InChI is InChI=1S/C11H17N3O2/c1-8(15)9-5-4-6-13-11(9)14(3)7-10(16)12-2/h4-6,8,15H,7H2,1-3H3,(H,12,16). The fourth-order valence-corrected chi connectivity index (χ4v) is 1.42. The molecule has 1 heterocycles. The first-order valence-corrected chi connectivity index (χ1v) is 5.11. The number of aromatic nitrogens is 1. The zero-order chi connectivity index (χ0) is 12.1. The molecule has 1 amide bonds. The summed E-state index contributed by atoms with van der Waals surface area (Å²) < 4.78 is 0. The Labute approximate surface area is 95.1 Å². The van der Waals surface area contributed by atoms with E-state index in [0.29, 0.717) is 11.4 Å². The van der Waals surface area contributed by atoms with Gasteiger partial charge in [0.25, 0.3) is 0 Å². The Morgan fingerprint density at radius 2 is 2.38 bits per heavy atom. The van der Waals surface area contributed by atoms with E-state index >= 15 is 0 Å². The van der Waals surface area contributed by atoms with Crippen LogP contribution in [0.1, 0.15) is 18.6 Å². The second-order valence-corrected chi connectivity index (χ2v) is 3.62. The van der Waals surface area contributed by atoms with Crippen LogP contribution in [0.4, 0.5) is 5.82 Å². The number of aliphatic hydroxyl groups is 1. The predicted molar refractivity (Wildman–Crippen MR) is 62.2 cm³/mol. The molecular weight excluding hydrogens is 206 g/mol. The fraction of sp³-hybridized carbons (Fsp3) is 0.455. The number of carbonyl (C=O) groups excluding carboxylic acids is 1. The number of hydrogen-bond donors (Lipinski definition) is 2. The molecule has 0 radical (unpaired) electrons. The van der Waals surface area contributed by atoms with Crippen molar-refractivity contribution in [3.05, 3.63) is 23.9 Å². The van der Waals surface area contributed by atoms with E-state index in [1.807, 2.05) is 0 Å². The van der Waals surface area contributed by atoms with Gasteiger partial charge in [-0.3, -0.25) is 4.79 Å². The van der Waals surface area contributed by atoms with E-state index in [1.54, 1.807) is 44.2 Å². The van der Waals surface area contributed by atoms with Crippen molar-refractivity contribution in [2.45, 2.75) is 13.0 Å². The molecule has 2 N–H and O–H groups in total. The normalized spacial score (nSPS) is 12.0. The molecule has 1 atom stereocenters. The molecule has 0 aliphatic carbocycles. The summed E-state index contributed by atoms with van der Waals surface area (Å²) in [4.78, 5) is 17.1. The minimum absolute atomic E-state index is 0.0929. The number of nitrogens with zero attached hydrogens (tertiary/aromatic N) is 2. The summed E-state index contributed by atoms with van der Waals surface area (Å²) in [5.41, 5.74) is 0.717. The lowest BCUT2D eigenvalue weighted by molar-refractivity contribution is -0.119. The van der Waals surface area contributed by atoms with Crippen molar-refractivity contribution in [3.8, 4) is 0 Å². The number of nitrogens with one attached hydrogen (secondary N) is 1. The third-order valence-electron chi connectivity index (χ3n) is 2.29. The largest absolute Gasteiger partial charge is 0.389 e. The second kappa shape index (κ2) is 5.46. The fourth-order valence-electron chi connectivity index (χ4n) is 1.42. The first-order chi connectivity index (χ1) is 7.56. The Balaban J connectivity index is 2.90. The monoisotopic (exact) mass is 223 g/mol. The highest BCUT2D eigenvalue weighted by Gasteiger charge is 2.14. The Hall–Kier alpha value is -1.62. The van der Waals surface area contributed by atoms with E-state index in [-0.39, 0.29) is 12.5 Å². The summed E-state index contributed by atoms with van der Waals surface area (Å²) in [6, 6.07) is 3.56. The maximum absolute atomic E-state index is 11.2. The SMILES string of the molecule is CNC(=O)CN(C)c1ncccc1C(C)O. The Bertz CT molecular complexity index is 366. The number of rotatable bonds is 4. The lowest BCUT2D eigenvalue weighted by Crippen LogP contribution is -2.34. The Morgan fingerprint density at radius 1 is 1.69 bits per heavy atom. The van der Waals surface area contributed by atoms with Crippen LogP contribution in [0, 0.1) is 0 Å². The van der Waals surface area contributed by atoms with Gasteiger partial charge in [0.05, 0.1) is 12.6 Å². The van der Waals surface area contributed by atoms with Gasteiger partial charge in [-0.2, -0.15) is 0 Å². The molecule has 0 saturated carbocycles. The molecule has 16 heavy (non-hydrogen) atoms. The van der Waals surface area contributed by atoms with Gasteiger partial charge in [0.2, 0.25) is 5.91 Å². The molecule has 0 fully saturated rings. The number of anilines is 1. The molecule has 1 unspecified atom stereocenters. The van der Waals surface area contributed by atoms with Gasteiger partial charge in [-0.05, 0) is 13.0 Å². The maximum Gasteiger partial charge on any atom is 0.239 e. The van der Waals surface area contributed by atoms with Crippen LogP contribution in [-0.2, 0) is 4.79 Å². The van der Waals surface area contributed by atoms with Gasteiger partial charge in [-0.25, -0.2) is 4.98 Å². The minimum atomic E-state index is -0.601. The predicted octanol–water partition coefficient (Wildman–Crippen LogP) is 0.317. The second-order valence-electron chi connectivity index (χ2n) is 3.62. The first-order valence-electron chi connectivity index (χ1n) is 5.11. The summed E-state index contributed by atoms with van der Waals surface area (Å²) in [6.07, 6.45) is 1.04. The average Bonchev–Trinajstić information content (AvgIpc) is 2.28. The molecule has 1 rings (SSSR count). The third-order valence-corrected chi connectivity index (χ3v) is 2.29. The highest BCUT2D eigenvalue weighted by atomic mass is 16.3. The maximum atomic E-state index is 11.2. The molecule has 5 heteroatoms. The number of likely N-dealkylation sites (N-methyl/N-ethyl adjacent to an activating group) is 2. The summed E-state index contributed by atoms with van der Waals surface area (Å²) in [7, 11) is 3.35. The van der Waals surface area contributed by atoms with Crippen LogP contribution < -0.4 is 10.2 Å². The lowest BCUT2D eigenvalue weighted by Gasteiger charge is -2.21. The van der Waals surface area contributed by atoms with Gasteiger partial charge >= 0.3 is 0 Å². The molecule has 0 aromatic carbocycles. The quantitative estimate of drug-likeness (QED) is 0.771. The van der Waals surface area contributed by atoms with Gasteiger partial charge in [-0.15, -0.1) is 0 Å². The smallest absolute Gasteiger partial charge is 0.239 e. The van der Waals surface area contributed by atoms with Gasteiger partial charge in [0, 0.05) is 25.9 Å². The highest BCUT2D eigenvalue weighted by Crippen LogP contribution is 2.22. The molecular formula is C11H17N3O2. The van der Waals surface area contributed by atoms with Gasteiger partial charge < -0.3 is 15.3 Å². The van der Waals surface area contributed by atoms with E-state index in [0.717, 1.165) is 0 Å². The molecule has 0 aliphatic rings. The summed E-state index contributed by atoms with van der Waals surface area (Å²) in [6.45, 7) is 1.89. The Kier molecular flexibility index (Phi) is 4.25. The van der Waals surface area contributed by atoms with Crippen molar-refractivity contribution in [1.29, 1.82) is 0 Å². The van der Waals surface area contributed by atoms with Crippen LogP contribution >= 0.6 is 0 Å². The zero-order valence-corrected chi connectivity index (χ0v) is 9.77. The topological polar surface area (TPSA) is 65.5 Å². The zero-order valence-electron chi connectivity index (χ0n) is 9.77. The third kappa shape index (κ3) is 2.93. The van der Waals surface area contributed by atoms with Crippen molar-refractivity contribution in [3.63, 3.8) is 0 Å². The van der Waals surface area contributed by atoms with Gasteiger partial charge in [0.1, 0.15) is 5.82 Å². The number of pyridine rings is 1. The number of aliphatic hydroxyl groups excluding tert-OH is 1. The number of hydrogen-bond acceptors (Lipinski definition) is 4. The van der Waals surface area contributed by atoms with Crippen LogP contribution in [0.25, 0.3) is 0 Å². The van der Waals surface area contributed by atoms with Gasteiger partial charge in [0.15, 0.2) is 0 Å². The summed E-state index contributed by atoms with van der Waals surface area (Å²) in [5, 5.41) is 12.1. The highest BCUT2D eigenvalue weighted by molar-refractivity contribution is 5.80. The van der Waals surface area contributed by atoms with Crippen molar-refractivity contribution in [1.82, 2.24) is 10.3 Å². The lowest BCUT2D eigenvalue weighted by atomic mass is 10.1. The molecule has 0 saturated heterocycles. The van der Waals surface area contributed by atoms with E-state index in [2.05, 4.69) is 10.3 Å². The number of amides is 1. The summed E-state index contributed by atoms with van der Waals surface area (Å²) in [5.74, 6) is 0.533. The molecule has 88 valence electrons. The minimum Gasteiger partial charge on any atom is -0.389 e. The van der Waals surface area contributed by atoms with E-state index in [4.69, 9.17) is 0 Å². The van der Waals surface area contributed by atoms with E-state index in [9.17, 15) is 9.90 Å². The Morgan fingerprint density at radius 3 is 2.94 bits per heavy atom. The molecule has 0 aliphatic heterocycles. The molecule has 0 spiro atoms. The van der Waals surface area contributed by atoms with Crippen LogP contribution in [0.15, 0.2) is 18.3 Å².